The van der Waals surface area contributed by atoms with E-state index in [9.17, 15) is 0 Å². The van der Waals surface area contributed by atoms with Crippen LogP contribution in [0.15, 0.2) is 4.99 Å². The third kappa shape index (κ3) is 2.67. The second-order valence-electron chi connectivity index (χ2n) is 1.53. The number of hydrogen-bond acceptors (Lipinski definition) is 4. The van der Waals surface area contributed by atoms with Gasteiger partial charge in [0, 0.05) is 13.6 Å². The summed E-state index contributed by atoms with van der Waals surface area (Å²) in [6.07, 6.45) is 0. The van der Waals surface area contributed by atoms with Crippen molar-refractivity contribution in [1.82, 2.24) is 16.2 Å². The molecular weight excluding hydrogens is 184 g/mol. The fourth-order valence-electron chi connectivity index (χ4n) is 0.600. The number of nitrogens with zero attached hydrogens (tertiary/aromatic N) is 1. The van der Waals surface area contributed by atoms with Gasteiger partial charge in [0.2, 0.25) is 5.96 Å². The number of rotatable bonds is 1. The molecule has 54 valence electrons. The van der Waals surface area contributed by atoms with Gasteiger partial charge in [-0.3, -0.25) is 10.4 Å². The van der Waals surface area contributed by atoms with E-state index in [2.05, 4.69) is 21.2 Å². The molecule has 0 fully saturated rings. The summed E-state index contributed by atoms with van der Waals surface area (Å²) in [4.78, 5) is 4.06. The van der Waals surface area contributed by atoms with Crippen molar-refractivity contribution in [3.63, 3.8) is 0 Å². The Morgan fingerprint density at radius 3 is 2.89 bits per heavy atom. The van der Waals surface area contributed by atoms with Gasteiger partial charge in [-0.05, 0) is 0 Å². The Kier molecular flexibility index (Phi) is 4.43. The number of halogens is 1. The van der Waals surface area contributed by atoms with Gasteiger partial charge < -0.3 is 5.32 Å². The van der Waals surface area contributed by atoms with E-state index in [0.29, 0.717) is 0 Å². The van der Waals surface area contributed by atoms with E-state index >= 15 is 0 Å². The third-order valence-electron chi connectivity index (χ3n) is 0.918. The minimum Gasteiger partial charge on any atom is -0.353 e. The maximum absolute atomic E-state index is 4.06. The first-order chi connectivity index (χ1) is 3.93. The first-order valence-electron chi connectivity index (χ1n) is 2.64. The summed E-state index contributed by atoms with van der Waals surface area (Å²) in [6.45, 7) is 1.83. The van der Waals surface area contributed by atoms with Crippen molar-refractivity contribution in [3.05, 3.63) is 0 Å². The summed E-state index contributed by atoms with van der Waals surface area (Å²) in [7, 11) is 1.81. The molecule has 0 aromatic rings. The zero-order valence-electron chi connectivity index (χ0n) is 5.27. The van der Waals surface area contributed by atoms with Crippen molar-refractivity contribution in [2.75, 3.05) is 20.1 Å². The molecule has 0 aliphatic carbocycles. The summed E-state index contributed by atoms with van der Waals surface area (Å²) in [5.41, 5.74) is 5.60. The van der Waals surface area contributed by atoms with Crippen LogP contribution in [0.5, 0.6) is 0 Å². The van der Waals surface area contributed by atoms with Crippen LogP contribution in [-0.2, 0) is 0 Å². The lowest BCUT2D eigenvalue weighted by atomic mass is 10.7. The van der Waals surface area contributed by atoms with E-state index in [0.717, 1.165) is 19.0 Å². The topological polar surface area (TPSA) is 48.5 Å². The van der Waals surface area contributed by atoms with Crippen molar-refractivity contribution < 1.29 is 0 Å². The van der Waals surface area contributed by atoms with E-state index in [1.54, 1.807) is 0 Å². The molecule has 3 N–H and O–H groups in total. The zero-order valence-corrected chi connectivity index (χ0v) is 6.98. The Morgan fingerprint density at radius 1 is 1.67 bits per heavy atom. The largest absolute Gasteiger partial charge is 0.353 e. The van der Waals surface area contributed by atoms with Gasteiger partial charge in [-0.2, -0.15) is 0 Å². The zero-order chi connectivity index (χ0) is 5.82. The number of aliphatic imine (C=N–C) groups is 1. The normalized spacial score (nSPS) is 15.4. The van der Waals surface area contributed by atoms with Crippen molar-refractivity contribution in [1.29, 1.82) is 0 Å². The smallest absolute Gasteiger partial charge is 0.206 e. The van der Waals surface area contributed by atoms with Crippen LogP contribution in [0.4, 0.5) is 0 Å². The standard InChI is InChI=1S/C4H10N4.BrH/c1-5-8-4-6-2-3-7-4;/h5H,2-3H2,1H3,(H2,6,7,8);1H. The molecule has 0 amide bonds. The average molecular weight is 195 g/mol. The highest BCUT2D eigenvalue weighted by Crippen LogP contribution is 1.77. The van der Waals surface area contributed by atoms with Gasteiger partial charge in [-0.25, -0.2) is 5.43 Å². The minimum atomic E-state index is 0. The molecule has 1 rings (SSSR count). The number of nitrogens with one attached hydrogen (secondary N) is 3. The molecule has 1 heterocycles. The summed E-state index contributed by atoms with van der Waals surface area (Å²) in [5.74, 6) is 0.840. The molecule has 9 heavy (non-hydrogen) atoms. The molecule has 0 spiro atoms. The van der Waals surface area contributed by atoms with Gasteiger partial charge in [-0.1, -0.05) is 0 Å². The molecule has 0 aromatic heterocycles. The fraction of sp³-hybridized carbons (Fsp3) is 0.750. The van der Waals surface area contributed by atoms with Gasteiger partial charge in [0.1, 0.15) is 0 Å². The SMILES string of the molecule is Br.CNNC1=NCCN1. The second kappa shape index (κ2) is 4.58. The van der Waals surface area contributed by atoms with Crippen molar-refractivity contribution >= 4 is 22.9 Å². The summed E-state index contributed by atoms with van der Waals surface area (Å²) >= 11 is 0. The predicted octanol–water partition coefficient (Wildman–Crippen LogP) is -0.752. The Bertz CT molecular complexity index is 103. The van der Waals surface area contributed by atoms with E-state index in [1.165, 1.54) is 0 Å². The Morgan fingerprint density at radius 2 is 2.44 bits per heavy atom. The molecule has 0 saturated heterocycles. The van der Waals surface area contributed by atoms with Crippen molar-refractivity contribution in [2.45, 2.75) is 0 Å². The van der Waals surface area contributed by atoms with Gasteiger partial charge in [0.15, 0.2) is 0 Å². The Hall–Kier alpha value is -0.290. The van der Waals surface area contributed by atoms with Crippen LogP contribution in [0.1, 0.15) is 0 Å². The lowest BCUT2D eigenvalue weighted by Gasteiger charge is -2.01. The summed E-state index contributed by atoms with van der Waals surface area (Å²) in [5, 5.41) is 3.03. The highest BCUT2D eigenvalue weighted by Gasteiger charge is 1.99. The first kappa shape index (κ1) is 8.71. The van der Waals surface area contributed by atoms with E-state index in [4.69, 9.17) is 0 Å². The summed E-state index contributed by atoms with van der Waals surface area (Å²) < 4.78 is 0. The molecule has 4 nitrogen and oxygen atoms in total. The lowest BCUT2D eigenvalue weighted by Crippen LogP contribution is -2.40. The molecule has 1 aliphatic heterocycles. The van der Waals surface area contributed by atoms with E-state index in [1.807, 2.05) is 7.05 Å². The fourth-order valence-corrected chi connectivity index (χ4v) is 0.600. The van der Waals surface area contributed by atoms with Crippen LogP contribution >= 0.6 is 17.0 Å². The van der Waals surface area contributed by atoms with E-state index < -0.39 is 0 Å². The molecular formula is C4H11BrN4. The second-order valence-corrected chi connectivity index (χ2v) is 1.53. The minimum absolute atomic E-state index is 0. The van der Waals surface area contributed by atoms with Crippen LogP contribution in [0.2, 0.25) is 0 Å². The molecule has 0 atom stereocenters. The Labute approximate surface area is 64.9 Å². The monoisotopic (exact) mass is 194 g/mol. The lowest BCUT2D eigenvalue weighted by molar-refractivity contribution is 0.747. The third-order valence-corrected chi connectivity index (χ3v) is 0.918. The highest BCUT2D eigenvalue weighted by molar-refractivity contribution is 8.93. The molecule has 0 aromatic carbocycles. The van der Waals surface area contributed by atoms with Gasteiger partial charge in [-0.15, -0.1) is 17.0 Å². The average Bonchev–Trinajstić information content (AvgIpc) is 2.19. The number of guanidine groups is 1. The molecule has 0 radical (unpaired) electrons. The highest BCUT2D eigenvalue weighted by atomic mass is 79.9. The van der Waals surface area contributed by atoms with Crippen molar-refractivity contribution in [2.24, 2.45) is 4.99 Å². The van der Waals surface area contributed by atoms with Crippen LogP contribution in [-0.4, -0.2) is 26.1 Å². The Balaban J connectivity index is 0.000000640. The van der Waals surface area contributed by atoms with Crippen LogP contribution < -0.4 is 16.2 Å². The molecule has 1 aliphatic rings. The van der Waals surface area contributed by atoms with Gasteiger partial charge >= 0.3 is 0 Å². The van der Waals surface area contributed by atoms with Crippen LogP contribution in [0.25, 0.3) is 0 Å². The number of hydrazine groups is 1. The number of hydrogen-bond donors (Lipinski definition) is 3. The van der Waals surface area contributed by atoms with Gasteiger partial charge in [0.05, 0.1) is 6.54 Å². The maximum atomic E-state index is 4.06. The van der Waals surface area contributed by atoms with Crippen LogP contribution in [0.3, 0.4) is 0 Å². The van der Waals surface area contributed by atoms with Crippen molar-refractivity contribution in [3.8, 4) is 0 Å². The van der Waals surface area contributed by atoms with Gasteiger partial charge in [0.25, 0.3) is 0 Å². The van der Waals surface area contributed by atoms with Crippen LogP contribution in [0, 0.1) is 0 Å². The predicted molar refractivity (Wildman–Crippen MR) is 42.8 cm³/mol. The molecule has 5 heteroatoms. The van der Waals surface area contributed by atoms with E-state index in [-0.39, 0.29) is 17.0 Å². The quantitative estimate of drug-likeness (QED) is 0.482. The maximum Gasteiger partial charge on any atom is 0.206 e. The molecule has 0 bridgehead atoms. The first-order valence-corrected chi connectivity index (χ1v) is 2.64. The molecule has 0 unspecified atom stereocenters. The molecule has 0 saturated carbocycles. The summed E-state index contributed by atoms with van der Waals surface area (Å²) in [6, 6.07) is 0.